The zero-order valence-electron chi connectivity index (χ0n) is 20.8. The van der Waals surface area contributed by atoms with Crippen LogP contribution in [0.4, 0.5) is 17.6 Å². The Labute approximate surface area is 228 Å². The van der Waals surface area contributed by atoms with Crippen LogP contribution < -0.4 is 9.46 Å². The smallest absolute Gasteiger partial charge is 0.491 e. The van der Waals surface area contributed by atoms with Crippen LogP contribution in [0.1, 0.15) is 18.5 Å². The maximum absolute atomic E-state index is 14.5. The van der Waals surface area contributed by atoms with Gasteiger partial charge in [-0.3, -0.25) is 0 Å². The Morgan fingerprint density at radius 3 is 2.00 bits per heavy atom. The first-order valence-corrected chi connectivity index (χ1v) is 15.7. The summed E-state index contributed by atoms with van der Waals surface area (Å²) in [7, 11) is -13.6. The summed E-state index contributed by atoms with van der Waals surface area (Å²) in [5.41, 5.74) is -5.56. The number of benzene rings is 3. The zero-order chi connectivity index (χ0) is 29.9. The molecule has 0 aliphatic heterocycles. The fourth-order valence-corrected chi connectivity index (χ4v) is 7.60. The molecular weight excluding hydrogens is 602 g/mol. The van der Waals surface area contributed by atoms with Crippen LogP contribution in [0, 0.1) is 5.82 Å². The summed E-state index contributed by atoms with van der Waals surface area (Å²) in [6.07, 6.45) is 0. The van der Waals surface area contributed by atoms with Crippen LogP contribution in [0.5, 0.6) is 5.75 Å². The molecule has 0 bridgehead atoms. The van der Waals surface area contributed by atoms with Crippen molar-refractivity contribution in [1.29, 1.82) is 0 Å². The molecule has 1 atom stereocenters. The van der Waals surface area contributed by atoms with Crippen molar-refractivity contribution in [1.82, 2.24) is 4.72 Å². The van der Waals surface area contributed by atoms with Crippen LogP contribution in [-0.4, -0.2) is 51.1 Å². The van der Waals surface area contributed by atoms with E-state index >= 15 is 0 Å². The largest absolute Gasteiger partial charge is 0.511 e. The van der Waals surface area contributed by atoms with E-state index in [1.165, 1.54) is 30.0 Å². The molecule has 0 aliphatic carbocycles. The predicted molar refractivity (Wildman–Crippen MR) is 134 cm³/mol. The molecule has 218 valence electrons. The molecule has 0 spiro atoms. The van der Waals surface area contributed by atoms with Gasteiger partial charge in [0.15, 0.2) is 0 Å². The average molecular weight is 626 g/mol. The average Bonchev–Trinajstić information content (AvgIpc) is 2.88. The van der Waals surface area contributed by atoms with Gasteiger partial charge in [-0.15, -0.1) is 0 Å². The van der Waals surface area contributed by atoms with E-state index in [0.717, 1.165) is 55.5 Å². The Bertz CT molecular complexity index is 1690. The molecule has 0 radical (unpaired) electrons. The molecule has 0 amide bonds. The van der Waals surface area contributed by atoms with Crippen LogP contribution in [0.2, 0.25) is 0 Å². The van der Waals surface area contributed by atoms with Gasteiger partial charge in [0.2, 0.25) is 19.7 Å². The minimum absolute atomic E-state index is 0.000473. The number of sulfone groups is 2. The van der Waals surface area contributed by atoms with Gasteiger partial charge in [0.05, 0.1) is 21.3 Å². The van der Waals surface area contributed by atoms with Crippen molar-refractivity contribution >= 4 is 29.7 Å². The second-order valence-corrected chi connectivity index (χ2v) is 13.8. The van der Waals surface area contributed by atoms with E-state index in [9.17, 15) is 42.8 Å². The van der Waals surface area contributed by atoms with Gasteiger partial charge in [-0.1, -0.05) is 24.3 Å². The SMILES string of the molecule is COCCOc1ccc(S(=O)(=O)c2ccc([C@H](C)NS(=O)(=O)C(F)(F)F)cc2)c(S(=O)(=O)c2ccccc2F)c1. The maximum atomic E-state index is 14.5. The topological polar surface area (TPSA) is 133 Å². The van der Waals surface area contributed by atoms with Gasteiger partial charge in [-0.05, 0) is 48.9 Å². The predicted octanol–water partition coefficient (Wildman–Crippen LogP) is 4.02. The van der Waals surface area contributed by atoms with Crippen LogP contribution >= 0.6 is 0 Å². The Kier molecular flexibility index (Phi) is 9.30. The molecule has 0 saturated carbocycles. The first-order valence-electron chi connectivity index (χ1n) is 11.2. The minimum atomic E-state index is -5.68. The maximum Gasteiger partial charge on any atom is 0.511 e. The van der Waals surface area contributed by atoms with E-state index in [1.54, 1.807) is 0 Å². The second kappa shape index (κ2) is 11.8. The molecular formula is C24H23F4NO8S3. The lowest BCUT2D eigenvalue weighted by Gasteiger charge is -2.17. The van der Waals surface area contributed by atoms with Crippen molar-refractivity contribution < 1.29 is 52.3 Å². The van der Waals surface area contributed by atoms with E-state index < -0.39 is 66.6 Å². The number of hydrogen-bond acceptors (Lipinski definition) is 8. The third-order valence-electron chi connectivity index (χ3n) is 5.50. The molecule has 9 nitrogen and oxygen atoms in total. The molecule has 3 rings (SSSR count). The lowest BCUT2D eigenvalue weighted by Crippen LogP contribution is -2.37. The molecule has 40 heavy (non-hydrogen) atoms. The zero-order valence-corrected chi connectivity index (χ0v) is 23.3. The van der Waals surface area contributed by atoms with Gasteiger partial charge in [-0.25, -0.2) is 34.4 Å². The summed E-state index contributed by atoms with van der Waals surface area (Å²) >= 11 is 0. The van der Waals surface area contributed by atoms with E-state index in [1.807, 2.05) is 0 Å². The van der Waals surface area contributed by atoms with Gasteiger partial charge in [0.25, 0.3) is 0 Å². The summed E-state index contributed by atoms with van der Waals surface area (Å²) < 4.78 is 141. The second-order valence-electron chi connectivity index (χ2n) is 8.24. The summed E-state index contributed by atoms with van der Waals surface area (Å²) in [6, 6.07) is 10.2. The Hall–Kier alpha value is -3.05. The van der Waals surface area contributed by atoms with Crippen molar-refractivity contribution in [3.05, 3.63) is 78.1 Å². The van der Waals surface area contributed by atoms with Crippen LogP contribution in [0.25, 0.3) is 0 Å². The van der Waals surface area contributed by atoms with Gasteiger partial charge >= 0.3 is 15.5 Å². The summed E-state index contributed by atoms with van der Waals surface area (Å²) in [4.78, 5) is -2.72. The number of halogens is 4. The first-order chi connectivity index (χ1) is 18.5. The van der Waals surface area contributed by atoms with E-state index in [0.29, 0.717) is 0 Å². The van der Waals surface area contributed by atoms with Gasteiger partial charge < -0.3 is 9.47 Å². The van der Waals surface area contributed by atoms with Gasteiger partial charge in [-0.2, -0.15) is 13.2 Å². The lowest BCUT2D eigenvalue weighted by molar-refractivity contribution is -0.0450. The van der Waals surface area contributed by atoms with Crippen molar-refractivity contribution in [3.8, 4) is 5.75 Å². The number of hydrogen-bond donors (Lipinski definition) is 1. The minimum Gasteiger partial charge on any atom is -0.491 e. The van der Waals surface area contributed by atoms with Crippen molar-refractivity contribution in [3.63, 3.8) is 0 Å². The molecule has 1 N–H and O–H groups in total. The highest BCUT2D eigenvalue weighted by Gasteiger charge is 2.46. The Balaban J connectivity index is 2.08. The molecule has 16 heteroatoms. The molecule has 3 aromatic rings. The number of methoxy groups -OCH3 is 1. The summed E-state index contributed by atoms with van der Waals surface area (Å²) in [5, 5.41) is 0. The number of ether oxygens (including phenoxy) is 2. The Morgan fingerprint density at radius 2 is 1.43 bits per heavy atom. The molecule has 0 saturated heterocycles. The summed E-state index contributed by atoms with van der Waals surface area (Å²) in [5.74, 6) is -1.15. The van der Waals surface area contributed by atoms with Crippen LogP contribution in [0.3, 0.4) is 0 Å². The third kappa shape index (κ3) is 6.63. The highest BCUT2D eigenvalue weighted by molar-refractivity contribution is 7.94. The molecule has 0 aliphatic rings. The first kappa shape index (κ1) is 31.5. The standard InChI is InChI=1S/C24H23F4NO8S3/c1-16(29-40(34,35)24(26,27)28)17-7-10-19(11-8-17)38(30,31)22-12-9-18(37-14-13-36-2)15-23(22)39(32,33)21-6-4-3-5-20(21)25/h3-12,15-16,29H,13-14H2,1-2H3/t16-/m0/s1. The summed E-state index contributed by atoms with van der Waals surface area (Å²) in [6.45, 7) is 1.26. The molecule has 0 heterocycles. The van der Waals surface area contributed by atoms with Crippen molar-refractivity contribution in [2.45, 2.75) is 38.1 Å². The molecule has 0 fully saturated rings. The highest BCUT2D eigenvalue weighted by atomic mass is 32.2. The fourth-order valence-electron chi connectivity index (χ4n) is 3.46. The number of nitrogens with one attached hydrogen (secondary N) is 1. The van der Waals surface area contributed by atoms with E-state index in [2.05, 4.69) is 0 Å². The van der Waals surface area contributed by atoms with Crippen molar-refractivity contribution in [2.24, 2.45) is 0 Å². The normalized spacial score (nSPS) is 13.7. The third-order valence-corrected chi connectivity index (χ3v) is 10.6. The number of alkyl halides is 3. The fraction of sp³-hybridized carbons (Fsp3) is 0.250. The van der Waals surface area contributed by atoms with Crippen molar-refractivity contribution in [2.75, 3.05) is 20.3 Å². The molecule has 0 unspecified atom stereocenters. The van der Waals surface area contributed by atoms with E-state index in [-0.39, 0.29) is 24.5 Å². The number of rotatable bonds is 11. The lowest BCUT2D eigenvalue weighted by atomic mass is 10.1. The number of sulfonamides is 1. The van der Waals surface area contributed by atoms with Crippen LogP contribution in [0.15, 0.2) is 86.3 Å². The van der Waals surface area contributed by atoms with Gasteiger partial charge in [0.1, 0.15) is 23.1 Å². The monoisotopic (exact) mass is 625 g/mol. The molecule has 3 aromatic carbocycles. The Morgan fingerprint density at radius 1 is 0.800 bits per heavy atom. The highest BCUT2D eigenvalue weighted by Crippen LogP contribution is 2.35. The molecule has 0 aromatic heterocycles. The quantitative estimate of drug-likeness (QED) is 0.250. The van der Waals surface area contributed by atoms with Crippen LogP contribution in [-0.2, 0) is 34.4 Å². The van der Waals surface area contributed by atoms with Gasteiger partial charge in [0, 0.05) is 19.2 Å². The van der Waals surface area contributed by atoms with E-state index in [4.69, 9.17) is 9.47 Å².